The summed E-state index contributed by atoms with van der Waals surface area (Å²) in [6.07, 6.45) is -8.72. The van der Waals surface area contributed by atoms with E-state index in [9.17, 15) is 40.5 Å². The highest BCUT2D eigenvalue weighted by Crippen LogP contribution is 2.37. The topological polar surface area (TPSA) is 200 Å². The lowest BCUT2D eigenvalue weighted by molar-refractivity contribution is -0.321. The van der Waals surface area contributed by atoms with Gasteiger partial charge in [-0.15, -0.1) is 0 Å². The lowest BCUT2D eigenvalue weighted by Gasteiger charge is -2.37. The van der Waals surface area contributed by atoms with Crippen molar-refractivity contribution in [2.24, 2.45) is 0 Å². The van der Waals surface area contributed by atoms with Crippen LogP contribution in [0.3, 0.4) is 0 Å². The van der Waals surface area contributed by atoms with Crippen LogP contribution in [0, 0.1) is 0 Å². The van der Waals surface area contributed by atoms with Crippen molar-refractivity contribution in [1.82, 2.24) is 0 Å². The van der Waals surface area contributed by atoms with E-state index >= 15 is 0 Å². The molecule has 0 bridgehead atoms. The molecule has 7 N–H and O–H groups in total. The zero-order valence-corrected chi connectivity index (χ0v) is 17.7. The summed E-state index contributed by atoms with van der Waals surface area (Å²) in [6.45, 7) is -0.511. The van der Waals surface area contributed by atoms with E-state index in [2.05, 4.69) is 0 Å². The van der Waals surface area contributed by atoms with E-state index < -0.39 is 48.7 Å². The second kappa shape index (κ2) is 9.10. The molecule has 0 saturated carbocycles. The van der Waals surface area contributed by atoms with Crippen molar-refractivity contribution in [3.63, 3.8) is 0 Å². The van der Waals surface area contributed by atoms with Gasteiger partial charge < -0.3 is 54.4 Å². The number of aliphatic hydroxyl groups is 5. The maximum atomic E-state index is 12.7. The Balaban J connectivity index is 1.76. The molecule has 2 unspecified atom stereocenters. The zero-order chi connectivity index (χ0) is 24.7. The lowest BCUT2D eigenvalue weighted by atomic mass is 10.0. The normalized spacial score (nSPS) is 24.8. The summed E-state index contributed by atoms with van der Waals surface area (Å²) in [5.41, 5.74) is -0.322. The second-order valence-corrected chi connectivity index (χ2v) is 7.62. The molecule has 34 heavy (non-hydrogen) atoms. The maximum absolute atomic E-state index is 12.7. The molecule has 0 amide bonds. The first-order valence-corrected chi connectivity index (χ1v) is 10.0. The second-order valence-electron chi connectivity index (χ2n) is 7.62. The van der Waals surface area contributed by atoms with E-state index in [1.165, 1.54) is 25.3 Å². The van der Waals surface area contributed by atoms with E-state index in [0.29, 0.717) is 0 Å². The lowest BCUT2D eigenvalue weighted by Crippen LogP contribution is -2.59. The van der Waals surface area contributed by atoms with Crippen LogP contribution in [0.15, 0.2) is 39.5 Å². The first-order valence-electron chi connectivity index (χ1n) is 10.0. The number of hydrogen-bond acceptors (Lipinski definition) is 12. The van der Waals surface area contributed by atoms with Crippen molar-refractivity contribution < 1.29 is 54.4 Å². The Labute approximate surface area is 191 Å². The summed E-state index contributed by atoms with van der Waals surface area (Å²) in [7, 11) is 1.31. The highest BCUT2D eigenvalue weighted by molar-refractivity contribution is 5.86. The van der Waals surface area contributed by atoms with E-state index in [4.69, 9.17) is 18.6 Å². The number of benzene rings is 2. The van der Waals surface area contributed by atoms with Crippen LogP contribution in [0.4, 0.5) is 0 Å². The summed E-state index contributed by atoms with van der Waals surface area (Å²) in [5.74, 6) is -0.884. The van der Waals surface area contributed by atoms with Gasteiger partial charge in [-0.2, -0.15) is 0 Å². The molecule has 1 saturated heterocycles. The van der Waals surface area contributed by atoms with Gasteiger partial charge in [-0.05, 0) is 12.1 Å². The number of methoxy groups -OCH3 is 1. The molecule has 1 aliphatic rings. The molecule has 0 aliphatic carbocycles. The summed E-state index contributed by atoms with van der Waals surface area (Å²) in [5, 5.41) is 68.9. The minimum Gasteiger partial charge on any atom is -0.507 e. The Morgan fingerprint density at radius 2 is 1.71 bits per heavy atom. The summed E-state index contributed by atoms with van der Waals surface area (Å²) >= 11 is 0. The predicted octanol–water partition coefficient (Wildman–Crippen LogP) is -0.492. The minimum absolute atomic E-state index is 0.0185. The van der Waals surface area contributed by atoms with Crippen molar-refractivity contribution in [2.75, 3.05) is 7.11 Å². The molecule has 182 valence electrons. The quantitative estimate of drug-likeness (QED) is 0.249. The number of hydrogen-bond donors (Lipinski definition) is 7. The van der Waals surface area contributed by atoms with Crippen LogP contribution in [0.2, 0.25) is 0 Å². The van der Waals surface area contributed by atoms with Crippen LogP contribution in [0.25, 0.3) is 22.3 Å². The smallest absolute Gasteiger partial charge is 0.231 e. The van der Waals surface area contributed by atoms with Crippen LogP contribution >= 0.6 is 0 Å². The van der Waals surface area contributed by atoms with E-state index in [1.54, 1.807) is 0 Å². The molecule has 2 heterocycles. The molecule has 3 aromatic rings. The average molecular weight is 478 g/mol. The fourth-order valence-corrected chi connectivity index (χ4v) is 3.60. The first-order chi connectivity index (χ1) is 16.1. The number of phenols is 2. The van der Waals surface area contributed by atoms with Gasteiger partial charge in [0.2, 0.25) is 6.29 Å². The molecule has 1 aromatic heterocycles. The molecule has 2 aromatic carbocycles. The number of aromatic hydroxyl groups is 2. The van der Waals surface area contributed by atoms with Gasteiger partial charge in [-0.3, -0.25) is 4.79 Å². The van der Waals surface area contributed by atoms with Gasteiger partial charge in [-0.1, -0.05) is 0 Å². The Morgan fingerprint density at radius 1 is 0.971 bits per heavy atom. The number of phenolic OH excluding ortho intramolecular Hbond substituents is 1. The molecule has 0 radical (unpaired) electrons. The van der Waals surface area contributed by atoms with Gasteiger partial charge in [-0.25, -0.2) is 0 Å². The molecule has 5 atom stereocenters. The van der Waals surface area contributed by atoms with E-state index in [1.807, 2.05) is 0 Å². The Hall–Kier alpha value is -3.39. The molecule has 12 nitrogen and oxygen atoms in total. The van der Waals surface area contributed by atoms with Crippen LogP contribution in [0.5, 0.6) is 23.0 Å². The van der Waals surface area contributed by atoms with Gasteiger partial charge in [0.25, 0.3) is 0 Å². The van der Waals surface area contributed by atoms with Crippen LogP contribution in [-0.2, 0) is 11.3 Å². The SMILES string of the molecule is COc1cc(-c2cc(=O)c3c(O)cc(O[C@@H]4OC(O)[C@@H](O)[C@H](O)C4O)cc3o2)cc(CO)c1O. The van der Waals surface area contributed by atoms with Crippen molar-refractivity contribution in [1.29, 1.82) is 0 Å². The van der Waals surface area contributed by atoms with Crippen LogP contribution in [-0.4, -0.2) is 73.7 Å². The van der Waals surface area contributed by atoms with Gasteiger partial charge in [0.15, 0.2) is 23.2 Å². The van der Waals surface area contributed by atoms with Gasteiger partial charge in [0, 0.05) is 29.3 Å². The third-order valence-corrected chi connectivity index (χ3v) is 5.41. The van der Waals surface area contributed by atoms with Crippen molar-refractivity contribution in [2.45, 2.75) is 37.5 Å². The Morgan fingerprint density at radius 3 is 2.38 bits per heavy atom. The van der Waals surface area contributed by atoms with Crippen molar-refractivity contribution in [3.05, 3.63) is 46.1 Å². The largest absolute Gasteiger partial charge is 0.507 e. The molecule has 4 rings (SSSR count). The third-order valence-electron chi connectivity index (χ3n) is 5.41. The van der Waals surface area contributed by atoms with Crippen LogP contribution < -0.4 is 14.9 Å². The Bertz CT molecular complexity index is 1240. The predicted molar refractivity (Wildman–Crippen MR) is 113 cm³/mol. The summed E-state index contributed by atoms with van der Waals surface area (Å²) in [4.78, 5) is 12.7. The van der Waals surface area contributed by atoms with Gasteiger partial charge in [0.1, 0.15) is 46.5 Å². The fraction of sp³-hybridized carbons (Fsp3) is 0.318. The monoisotopic (exact) mass is 478 g/mol. The number of aliphatic hydroxyl groups excluding tert-OH is 5. The summed E-state index contributed by atoms with van der Waals surface area (Å²) < 4.78 is 21.2. The molecule has 12 heteroatoms. The standard InChI is InChI=1S/C22H22O12/c1-31-15-3-8(2-9(7-23)17(15)26)13-6-12(25)16-11(24)4-10(5-14(16)33-13)32-22-20(29)18(27)19(28)21(30)34-22/h2-6,18-24,26-30H,7H2,1H3/t18-,19-,20?,21?,22+/m0/s1. The number of rotatable bonds is 5. The molecular formula is C22H22O12. The van der Waals surface area contributed by atoms with Crippen LogP contribution in [0.1, 0.15) is 5.56 Å². The molecule has 1 aliphatic heterocycles. The highest BCUT2D eigenvalue weighted by Gasteiger charge is 2.44. The average Bonchev–Trinajstić information content (AvgIpc) is 2.80. The minimum atomic E-state index is -1.84. The van der Waals surface area contributed by atoms with E-state index in [-0.39, 0.29) is 45.1 Å². The maximum Gasteiger partial charge on any atom is 0.231 e. The number of fused-ring (bicyclic) bond motifs is 1. The Kier molecular flexibility index (Phi) is 6.36. The molecule has 0 spiro atoms. The zero-order valence-electron chi connectivity index (χ0n) is 17.7. The first kappa shape index (κ1) is 23.8. The molecular weight excluding hydrogens is 456 g/mol. The van der Waals surface area contributed by atoms with E-state index in [0.717, 1.165) is 12.1 Å². The number of ether oxygens (including phenoxy) is 3. The third kappa shape index (κ3) is 4.14. The van der Waals surface area contributed by atoms with Crippen molar-refractivity contribution in [3.8, 4) is 34.3 Å². The summed E-state index contributed by atoms with van der Waals surface area (Å²) in [6, 6.07) is 6.15. The van der Waals surface area contributed by atoms with Crippen molar-refractivity contribution >= 4 is 11.0 Å². The van der Waals surface area contributed by atoms with Gasteiger partial charge >= 0.3 is 0 Å². The highest BCUT2D eigenvalue weighted by atomic mass is 16.7. The molecule has 1 fully saturated rings. The fourth-order valence-electron chi connectivity index (χ4n) is 3.60. The van der Waals surface area contributed by atoms with Gasteiger partial charge in [0.05, 0.1) is 13.7 Å².